The molecular weight excluding hydrogens is 188 g/mol. The molecule has 0 aromatic heterocycles. The number of nitrogens with two attached hydrogens (primary N) is 1. The molecule has 1 amide bonds. The van der Waals surface area contributed by atoms with Crippen LogP contribution in [0.3, 0.4) is 0 Å². The number of amides is 1. The van der Waals surface area contributed by atoms with Gasteiger partial charge < -0.3 is 11.1 Å². The van der Waals surface area contributed by atoms with Gasteiger partial charge in [-0.25, -0.2) is 0 Å². The number of rotatable bonds is 4. The molecule has 15 heavy (non-hydrogen) atoms. The third-order valence-electron chi connectivity index (χ3n) is 2.12. The molecule has 0 saturated heterocycles. The van der Waals surface area contributed by atoms with Crippen molar-refractivity contribution in [3.63, 3.8) is 0 Å². The minimum absolute atomic E-state index is 0.349. The van der Waals surface area contributed by atoms with E-state index in [0.717, 1.165) is 11.3 Å². The van der Waals surface area contributed by atoms with Crippen LogP contribution >= 0.6 is 0 Å². The summed E-state index contributed by atoms with van der Waals surface area (Å²) in [6.45, 7) is 1.90. The first-order valence-corrected chi connectivity index (χ1v) is 4.80. The molecule has 1 atom stereocenters. The summed E-state index contributed by atoms with van der Waals surface area (Å²) in [4.78, 5) is 11.0. The van der Waals surface area contributed by atoms with E-state index in [-0.39, 0.29) is 11.9 Å². The fourth-order valence-corrected chi connectivity index (χ4v) is 1.27. The van der Waals surface area contributed by atoms with Crippen molar-refractivity contribution in [2.24, 2.45) is 5.73 Å². The predicted octanol–water partition coefficient (Wildman–Crippen LogP) is 1.34. The van der Waals surface area contributed by atoms with Crippen LogP contribution in [0.2, 0.25) is 0 Å². The molecule has 3 N–H and O–H groups in total. The van der Waals surface area contributed by atoms with Crippen molar-refractivity contribution in [2.45, 2.75) is 19.4 Å². The Hall–Kier alpha value is -1.95. The standard InChI is InChI=1S/C12H14N2O/c1-3-9-6-5-7-10(8-9)14-11(4-2)12(13)15/h1,5-8,11,14H,4H2,2H3,(H2,13,15). The monoisotopic (exact) mass is 202 g/mol. The van der Waals surface area contributed by atoms with Crippen LogP contribution in [0, 0.1) is 12.3 Å². The number of carbonyl (C=O) groups excluding carboxylic acids is 1. The van der Waals surface area contributed by atoms with Gasteiger partial charge in [0, 0.05) is 11.3 Å². The molecule has 0 spiro atoms. The highest BCUT2D eigenvalue weighted by atomic mass is 16.1. The molecule has 1 aromatic carbocycles. The number of hydrogen-bond acceptors (Lipinski definition) is 2. The summed E-state index contributed by atoms with van der Waals surface area (Å²) in [6.07, 6.45) is 5.92. The van der Waals surface area contributed by atoms with E-state index < -0.39 is 0 Å². The molecule has 0 saturated carbocycles. The number of primary amides is 1. The van der Waals surface area contributed by atoms with Crippen molar-refractivity contribution >= 4 is 11.6 Å². The maximum Gasteiger partial charge on any atom is 0.239 e. The van der Waals surface area contributed by atoms with E-state index in [9.17, 15) is 4.79 Å². The van der Waals surface area contributed by atoms with Crippen molar-refractivity contribution in [2.75, 3.05) is 5.32 Å². The normalized spacial score (nSPS) is 11.5. The Bertz CT molecular complexity index is 393. The lowest BCUT2D eigenvalue weighted by Gasteiger charge is -2.14. The molecule has 0 heterocycles. The zero-order chi connectivity index (χ0) is 11.3. The van der Waals surface area contributed by atoms with Crippen LogP contribution in [0.4, 0.5) is 5.69 Å². The van der Waals surface area contributed by atoms with Crippen LogP contribution in [-0.2, 0) is 4.79 Å². The SMILES string of the molecule is C#Cc1cccc(NC(CC)C(N)=O)c1. The lowest BCUT2D eigenvalue weighted by molar-refractivity contribution is -0.118. The van der Waals surface area contributed by atoms with E-state index >= 15 is 0 Å². The van der Waals surface area contributed by atoms with Gasteiger partial charge in [-0.3, -0.25) is 4.79 Å². The second-order valence-corrected chi connectivity index (χ2v) is 3.23. The second kappa shape index (κ2) is 5.06. The van der Waals surface area contributed by atoms with Crippen molar-refractivity contribution in [3.8, 4) is 12.3 Å². The first kappa shape index (κ1) is 11.1. The number of anilines is 1. The second-order valence-electron chi connectivity index (χ2n) is 3.23. The largest absolute Gasteiger partial charge is 0.374 e. The van der Waals surface area contributed by atoms with Crippen LogP contribution in [0.15, 0.2) is 24.3 Å². The molecule has 0 aliphatic heterocycles. The van der Waals surface area contributed by atoms with Gasteiger partial charge in [-0.15, -0.1) is 6.42 Å². The number of carbonyl (C=O) groups is 1. The van der Waals surface area contributed by atoms with Gasteiger partial charge in [0.05, 0.1) is 0 Å². The lowest BCUT2D eigenvalue weighted by Crippen LogP contribution is -2.34. The Morgan fingerprint density at radius 1 is 1.67 bits per heavy atom. The van der Waals surface area contributed by atoms with Gasteiger partial charge in [-0.1, -0.05) is 18.9 Å². The van der Waals surface area contributed by atoms with Gasteiger partial charge in [0.15, 0.2) is 0 Å². The highest BCUT2D eigenvalue weighted by Crippen LogP contribution is 2.11. The Morgan fingerprint density at radius 3 is 2.93 bits per heavy atom. The van der Waals surface area contributed by atoms with Crippen molar-refractivity contribution in [1.29, 1.82) is 0 Å². The quantitative estimate of drug-likeness (QED) is 0.724. The molecule has 0 aliphatic carbocycles. The zero-order valence-electron chi connectivity index (χ0n) is 8.66. The summed E-state index contributed by atoms with van der Waals surface area (Å²) < 4.78 is 0. The molecule has 0 radical (unpaired) electrons. The van der Waals surface area contributed by atoms with E-state index in [4.69, 9.17) is 12.2 Å². The first-order chi connectivity index (χ1) is 7.17. The van der Waals surface area contributed by atoms with E-state index in [1.54, 1.807) is 0 Å². The van der Waals surface area contributed by atoms with Gasteiger partial charge in [0.1, 0.15) is 6.04 Å². The fraction of sp³-hybridized carbons (Fsp3) is 0.250. The fourth-order valence-electron chi connectivity index (χ4n) is 1.27. The van der Waals surface area contributed by atoms with Gasteiger partial charge in [-0.05, 0) is 24.6 Å². The molecule has 1 aromatic rings. The summed E-state index contributed by atoms with van der Waals surface area (Å²) >= 11 is 0. The summed E-state index contributed by atoms with van der Waals surface area (Å²) in [5.41, 5.74) is 6.82. The number of hydrogen-bond donors (Lipinski definition) is 2. The molecule has 0 bridgehead atoms. The summed E-state index contributed by atoms with van der Waals surface area (Å²) in [5.74, 6) is 2.17. The van der Waals surface area contributed by atoms with Crippen molar-refractivity contribution < 1.29 is 4.79 Å². The Balaban J connectivity index is 2.80. The van der Waals surface area contributed by atoms with E-state index in [0.29, 0.717) is 6.42 Å². The highest BCUT2D eigenvalue weighted by molar-refractivity contribution is 5.82. The first-order valence-electron chi connectivity index (χ1n) is 4.80. The van der Waals surface area contributed by atoms with Crippen LogP contribution in [0.5, 0.6) is 0 Å². The van der Waals surface area contributed by atoms with Gasteiger partial charge in [0.25, 0.3) is 0 Å². The average molecular weight is 202 g/mol. The van der Waals surface area contributed by atoms with E-state index in [1.165, 1.54) is 0 Å². The average Bonchev–Trinajstić information content (AvgIpc) is 2.25. The molecule has 3 nitrogen and oxygen atoms in total. The maximum absolute atomic E-state index is 11.0. The Morgan fingerprint density at radius 2 is 2.40 bits per heavy atom. The summed E-state index contributed by atoms with van der Waals surface area (Å²) in [5, 5.41) is 3.03. The van der Waals surface area contributed by atoms with Crippen molar-refractivity contribution in [3.05, 3.63) is 29.8 Å². The van der Waals surface area contributed by atoms with E-state index in [2.05, 4.69) is 11.2 Å². The number of benzene rings is 1. The zero-order valence-corrected chi connectivity index (χ0v) is 8.66. The predicted molar refractivity (Wildman–Crippen MR) is 61.3 cm³/mol. The van der Waals surface area contributed by atoms with Gasteiger partial charge >= 0.3 is 0 Å². The van der Waals surface area contributed by atoms with Crippen molar-refractivity contribution in [1.82, 2.24) is 0 Å². The van der Waals surface area contributed by atoms with Gasteiger partial charge in [-0.2, -0.15) is 0 Å². The molecule has 1 rings (SSSR count). The minimum Gasteiger partial charge on any atom is -0.374 e. The number of nitrogens with one attached hydrogen (secondary N) is 1. The third-order valence-corrected chi connectivity index (χ3v) is 2.12. The lowest BCUT2D eigenvalue weighted by atomic mass is 10.1. The molecule has 3 heteroatoms. The Labute approximate surface area is 89.7 Å². The smallest absolute Gasteiger partial charge is 0.239 e. The van der Waals surface area contributed by atoms with Crippen LogP contribution in [0.1, 0.15) is 18.9 Å². The summed E-state index contributed by atoms with van der Waals surface area (Å²) in [7, 11) is 0. The number of terminal acetylenes is 1. The van der Waals surface area contributed by atoms with Crippen LogP contribution < -0.4 is 11.1 Å². The molecular formula is C12H14N2O. The van der Waals surface area contributed by atoms with Gasteiger partial charge in [0.2, 0.25) is 5.91 Å². The minimum atomic E-state index is -0.358. The van der Waals surface area contributed by atoms with E-state index in [1.807, 2.05) is 31.2 Å². The maximum atomic E-state index is 11.0. The van der Waals surface area contributed by atoms with Crippen LogP contribution in [0.25, 0.3) is 0 Å². The molecule has 0 fully saturated rings. The molecule has 78 valence electrons. The van der Waals surface area contributed by atoms with Crippen LogP contribution in [-0.4, -0.2) is 11.9 Å². The molecule has 0 aliphatic rings. The third kappa shape index (κ3) is 3.03. The Kier molecular flexibility index (Phi) is 3.75. The topological polar surface area (TPSA) is 55.1 Å². The molecule has 1 unspecified atom stereocenters. The highest BCUT2D eigenvalue weighted by Gasteiger charge is 2.11. The summed E-state index contributed by atoms with van der Waals surface area (Å²) in [6, 6.07) is 6.98.